The molecule has 0 bridgehead atoms. The van der Waals surface area contributed by atoms with E-state index >= 15 is 0 Å². The number of benzene rings is 1. The van der Waals surface area contributed by atoms with Gasteiger partial charge in [0.25, 0.3) is 5.91 Å². The van der Waals surface area contributed by atoms with Crippen LogP contribution in [0.3, 0.4) is 0 Å². The van der Waals surface area contributed by atoms with Crippen molar-refractivity contribution in [3.63, 3.8) is 0 Å². The Bertz CT molecular complexity index is 678. The molecule has 8 heteroatoms. The largest absolute Gasteiger partial charge is 0.347 e. The SMILES string of the molecule is Cl.O=C(NC1CCCNC1)c1ccc(Sc2ccccc2Cl)nn1. The first-order valence-electron chi connectivity index (χ1n) is 7.50. The van der Waals surface area contributed by atoms with Crippen LogP contribution in [0.1, 0.15) is 23.3 Å². The number of rotatable bonds is 4. The summed E-state index contributed by atoms with van der Waals surface area (Å²) in [4.78, 5) is 13.1. The molecule has 128 valence electrons. The van der Waals surface area contributed by atoms with Gasteiger partial charge in [0.15, 0.2) is 5.69 Å². The molecule has 0 aliphatic carbocycles. The summed E-state index contributed by atoms with van der Waals surface area (Å²) in [6, 6.07) is 11.2. The molecule has 1 saturated heterocycles. The molecule has 3 rings (SSSR count). The lowest BCUT2D eigenvalue weighted by Crippen LogP contribution is -2.45. The molecule has 1 unspecified atom stereocenters. The summed E-state index contributed by atoms with van der Waals surface area (Å²) < 4.78 is 0. The van der Waals surface area contributed by atoms with Gasteiger partial charge >= 0.3 is 0 Å². The minimum Gasteiger partial charge on any atom is -0.347 e. The molecule has 5 nitrogen and oxygen atoms in total. The van der Waals surface area contributed by atoms with Gasteiger partial charge in [-0.1, -0.05) is 35.5 Å². The number of carbonyl (C=O) groups excluding carboxylic acids is 1. The summed E-state index contributed by atoms with van der Waals surface area (Å²) in [6.07, 6.45) is 2.07. The monoisotopic (exact) mass is 384 g/mol. The van der Waals surface area contributed by atoms with Crippen LogP contribution in [0.25, 0.3) is 0 Å². The Morgan fingerprint density at radius 1 is 1.25 bits per heavy atom. The van der Waals surface area contributed by atoms with Crippen molar-refractivity contribution in [1.82, 2.24) is 20.8 Å². The van der Waals surface area contributed by atoms with Crippen LogP contribution in [0.5, 0.6) is 0 Å². The summed E-state index contributed by atoms with van der Waals surface area (Å²) in [6.45, 7) is 1.82. The summed E-state index contributed by atoms with van der Waals surface area (Å²) in [5.41, 5.74) is 0.332. The molecular formula is C16H18Cl2N4OS. The predicted octanol–water partition coefficient (Wildman–Crippen LogP) is 3.18. The smallest absolute Gasteiger partial charge is 0.272 e. The van der Waals surface area contributed by atoms with Crippen molar-refractivity contribution in [1.29, 1.82) is 0 Å². The van der Waals surface area contributed by atoms with Gasteiger partial charge in [-0.25, -0.2) is 0 Å². The van der Waals surface area contributed by atoms with Gasteiger partial charge in [0.2, 0.25) is 0 Å². The van der Waals surface area contributed by atoms with Crippen LogP contribution in [0.15, 0.2) is 46.3 Å². The van der Waals surface area contributed by atoms with E-state index in [0.29, 0.717) is 15.7 Å². The molecule has 1 aliphatic rings. The summed E-state index contributed by atoms with van der Waals surface area (Å²) in [5, 5.41) is 15.8. The quantitative estimate of drug-likeness (QED) is 0.846. The van der Waals surface area contributed by atoms with Crippen LogP contribution in [0.4, 0.5) is 0 Å². The average Bonchev–Trinajstić information content (AvgIpc) is 2.58. The van der Waals surface area contributed by atoms with Crippen LogP contribution in [-0.4, -0.2) is 35.2 Å². The van der Waals surface area contributed by atoms with Crippen molar-refractivity contribution >= 4 is 41.7 Å². The van der Waals surface area contributed by atoms with Crippen molar-refractivity contribution in [3.8, 4) is 0 Å². The minimum atomic E-state index is -0.180. The molecule has 0 saturated carbocycles. The zero-order chi connectivity index (χ0) is 16.1. The van der Waals surface area contributed by atoms with Gasteiger partial charge in [0, 0.05) is 17.5 Å². The molecule has 1 aromatic heterocycles. The average molecular weight is 385 g/mol. The fourth-order valence-electron chi connectivity index (χ4n) is 2.37. The summed E-state index contributed by atoms with van der Waals surface area (Å²) in [5.74, 6) is -0.180. The second kappa shape index (κ2) is 9.22. The Hall–Kier alpha value is -1.34. The first-order chi connectivity index (χ1) is 11.2. The highest BCUT2D eigenvalue weighted by atomic mass is 35.5. The highest BCUT2D eigenvalue weighted by Gasteiger charge is 2.17. The van der Waals surface area contributed by atoms with Gasteiger partial charge in [0.05, 0.1) is 5.02 Å². The molecule has 1 aromatic carbocycles. The predicted molar refractivity (Wildman–Crippen MR) is 98.2 cm³/mol. The van der Waals surface area contributed by atoms with Crippen molar-refractivity contribution < 1.29 is 4.79 Å². The molecule has 0 spiro atoms. The lowest BCUT2D eigenvalue weighted by molar-refractivity contribution is 0.0924. The first-order valence-corrected chi connectivity index (χ1v) is 8.69. The Morgan fingerprint density at radius 3 is 2.75 bits per heavy atom. The highest BCUT2D eigenvalue weighted by molar-refractivity contribution is 7.99. The van der Waals surface area contributed by atoms with E-state index in [1.54, 1.807) is 12.1 Å². The highest BCUT2D eigenvalue weighted by Crippen LogP contribution is 2.31. The molecule has 0 radical (unpaired) electrons. The number of halogens is 2. The van der Waals surface area contributed by atoms with Crippen LogP contribution < -0.4 is 10.6 Å². The second-order valence-corrected chi connectivity index (χ2v) is 6.78. The lowest BCUT2D eigenvalue weighted by Gasteiger charge is -2.23. The molecule has 1 atom stereocenters. The zero-order valence-corrected chi connectivity index (χ0v) is 15.3. The van der Waals surface area contributed by atoms with E-state index in [1.807, 2.05) is 24.3 Å². The van der Waals surface area contributed by atoms with Crippen molar-refractivity contribution in [3.05, 3.63) is 47.1 Å². The molecule has 1 aliphatic heterocycles. The number of hydrogen-bond donors (Lipinski definition) is 2. The number of carbonyl (C=O) groups is 1. The minimum absolute atomic E-state index is 0. The fourth-order valence-corrected chi connectivity index (χ4v) is 3.38. The van der Waals surface area contributed by atoms with Gasteiger partial charge in [-0.05, 0) is 43.7 Å². The number of nitrogens with one attached hydrogen (secondary N) is 2. The van der Waals surface area contributed by atoms with Crippen LogP contribution in [0.2, 0.25) is 5.02 Å². The van der Waals surface area contributed by atoms with Crippen molar-refractivity contribution in [2.24, 2.45) is 0 Å². The standard InChI is InChI=1S/C16H17ClN4OS.ClH/c17-12-5-1-2-6-14(12)23-15-8-7-13(20-21-15)16(22)19-11-4-3-9-18-10-11;/h1-2,5-8,11,18H,3-4,9-10H2,(H,19,22);1H. The van der Waals surface area contributed by atoms with Crippen molar-refractivity contribution in [2.45, 2.75) is 28.8 Å². The zero-order valence-electron chi connectivity index (χ0n) is 12.9. The third-order valence-corrected chi connectivity index (χ3v) is 5.00. The maximum absolute atomic E-state index is 12.2. The van der Waals surface area contributed by atoms with E-state index in [-0.39, 0.29) is 24.4 Å². The van der Waals surface area contributed by atoms with Crippen LogP contribution in [-0.2, 0) is 0 Å². The number of hydrogen-bond acceptors (Lipinski definition) is 5. The topological polar surface area (TPSA) is 66.9 Å². The van der Waals surface area contributed by atoms with E-state index in [2.05, 4.69) is 20.8 Å². The summed E-state index contributed by atoms with van der Waals surface area (Å²) >= 11 is 7.55. The Balaban J connectivity index is 0.00000208. The van der Waals surface area contributed by atoms with Gasteiger partial charge in [-0.15, -0.1) is 22.6 Å². The normalized spacial score (nSPS) is 17.0. The maximum Gasteiger partial charge on any atom is 0.272 e. The van der Waals surface area contributed by atoms with Gasteiger partial charge in [0.1, 0.15) is 5.03 Å². The van der Waals surface area contributed by atoms with E-state index in [9.17, 15) is 4.79 Å². The molecule has 2 aromatic rings. The van der Waals surface area contributed by atoms with E-state index in [4.69, 9.17) is 11.6 Å². The maximum atomic E-state index is 12.2. The molecule has 24 heavy (non-hydrogen) atoms. The third-order valence-electron chi connectivity index (χ3n) is 3.56. The van der Waals surface area contributed by atoms with E-state index in [1.165, 1.54) is 11.8 Å². The molecule has 2 heterocycles. The Morgan fingerprint density at radius 2 is 2.08 bits per heavy atom. The van der Waals surface area contributed by atoms with Crippen LogP contribution in [0, 0.1) is 0 Å². The Kier molecular flexibility index (Phi) is 7.30. The van der Waals surface area contributed by atoms with Crippen molar-refractivity contribution in [2.75, 3.05) is 13.1 Å². The fraction of sp³-hybridized carbons (Fsp3) is 0.312. The second-order valence-electron chi connectivity index (χ2n) is 5.31. The number of piperidine rings is 1. The van der Waals surface area contributed by atoms with Gasteiger partial charge in [-0.2, -0.15) is 0 Å². The number of amides is 1. The molecule has 1 fully saturated rings. The molecule has 2 N–H and O–H groups in total. The third kappa shape index (κ3) is 5.08. The van der Waals surface area contributed by atoms with Gasteiger partial charge in [-0.3, -0.25) is 4.79 Å². The lowest BCUT2D eigenvalue weighted by atomic mass is 10.1. The van der Waals surface area contributed by atoms with Gasteiger partial charge < -0.3 is 10.6 Å². The molecule has 1 amide bonds. The van der Waals surface area contributed by atoms with E-state index < -0.39 is 0 Å². The first kappa shape index (κ1) is 19.0. The summed E-state index contributed by atoms with van der Waals surface area (Å²) in [7, 11) is 0. The number of nitrogens with zero attached hydrogens (tertiary/aromatic N) is 2. The number of aromatic nitrogens is 2. The molecular weight excluding hydrogens is 367 g/mol. The van der Waals surface area contributed by atoms with E-state index in [0.717, 1.165) is 30.8 Å². The Labute approximate surface area is 156 Å². The van der Waals surface area contributed by atoms with Crippen LogP contribution >= 0.6 is 35.8 Å².